The molecular weight excluding hydrogens is 232 g/mol. The standard InChI is InChI=1S/C13H16N2OS/c1-2-10-8-17-13-14-12(9-5-3-4-6-9)11(7-16)15(10)13/h7-9H,2-6H2,1H3. The number of rotatable bonds is 3. The van der Waals surface area contributed by atoms with Crippen LogP contribution < -0.4 is 0 Å². The Hall–Kier alpha value is -1.16. The van der Waals surface area contributed by atoms with Crippen molar-refractivity contribution in [2.45, 2.75) is 44.9 Å². The first-order chi connectivity index (χ1) is 8.35. The Morgan fingerprint density at radius 2 is 2.29 bits per heavy atom. The zero-order valence-corrected chi connectivity index (χ0v) is 10.8. The van der Waals surface area contributed by atoms with Crippen LogP contribution in [0.25, 0.3) is 4.96 Å². The van der Waals surface area contributed by atoms with E-state index in [0.717, 1.165) is 29.1 Å². The maximum atomic E-state index is 11.4. The summed E-state index contributed by atoms with van der Waals surface area (Å²) in [4.78, 5) is 17.0. The summed E-state index contributed by atoms with van der Waals surface area (Å²) in [5.74, 6) is 0.506. The van der Waals surface area contributed by atoms with Crippen LogP contribution in [0.15, 0.2) is 5.38 Å². The van der Waals surface area contributed by atoms with E-state index in [9.17, 15) is 4.79 Å². The van der Waals surface area contributed by atoms with Gasteiger partial charge in [-0.05, 0) is 19.3 Å². The fraction of sp³-hybridized carbons (Fsp3) is 0.538. The number of hydrogen-bond acceptors (Lipinski definition) is 3. The fourth-order valence-electron chi connectivity index (χ4n) is 2.81. The number of aldehydes is 1. The highest BCUT2D eigenvalue weighted by atomic mass is 32.1. The van der Waals surface area contributed by atoms with Gasteiger partial charge in [0.05, 0.1) is 5.69 Å². The van der Waals surface area contributed by atoms with Crippen LogP contribution in [0.2, 0.25) is 0 Å². The van der Waals surface area contributed by atoms with Gasteiger partial charge in [-0.25, -0.2) is 4.98 Å². The van der Waals surface area contributed by atoms with Crippen LogP contribution in [0.4, 0.5) is 0 Å². The molecule has 1 aliphatic rings. The lowest BCUT2D eigenvalue weighted by Crippen LogP contribution is -2.01. The molecule has 0 aliphatic heterocycles. The third-order valence-corrected chi connectivity index (χ3v) is 4.59. The second kappa shape index (κ2) is 4.26. The summed E-state index contributed by atoms with van der Waals surface area (Å²) in [6.07, 6.45) is 6.85. The third kappa shape index (κ3) is 1.62. The number of hydrogen-bond donors (Lipinski definition) is 0. The Kier molecular flexibility index (Phi) is 2.74. The van der Waals surface area contributed by atoms with E-state index in [1.807, 2.05) is 4.40 Å². The number of aryl methyl sites for hydroxylation is 1. The number of fused-ring (bicyclic) bond motifs is 1. The molecule has 1 aliphatic carbocycles. The predicted octanol–water partition coefficient (Wildman–Crippen LogP) is 3.43. The molecule has 0 saturated heterocycles. The average Bonchev–Trinajstić information content (AvgIpc) is 3.03. The van der Waals surface area contributed by atoms with Crippen molar-refractivity contribution in [3.05, 3.63) is 22.5 Å². The zero-order chi connectivity index (χ0) is 11.8. The minimum atomic E-state index is 0.506. The van der Waals surface area contributed by atoms with Crippen LogP contribution in [0.5, 0.6) is 0 Å². The molecule has 1 saturated carbocycles. The van der Waals surface area contributed by atoms with Gasteiger partial charge in [0.25, 0.3) is 0 Å². The molecule has 0 amide bonds. The van der Waals surface area contributed by atoms with Gasteiger partial charge in [0, 0.05) is 17.0 Å². The van der Waals surface area contributed by atoms with E-state index in [0.29, 0.717) is 5.92 Å². The number of thiazole rings is 1. The first kappa shape index (κ1) is 11.0. The molecule has 2 aromatic heterocycles. The third-order valence-electron chi connectivity index (χ3n) is 3.71. The largest absolute Gasteiger partial charge is 0.296 e. The van der Waals surface area contributed by atoms with Crippen molar-refractivity contribution >= 4 is 22.6 Å². The lowest BCUT2D eigenvalue weighted by atomic mass is 10.0. The molecule has 0 aromatic carbocycles. The van der Waals surface area contributed by atoms with Crippen LogP contribution in [0.3, 0.4) is 0 Å². The van der Waals surface area contributed by atoms with Gasteiger partial charge >= 0.3 is 0 Å². The lowest BCUT2D eigenvalue weighted by molar-refractivity contribution is 0.111. The van der Waals surface area contributed by atoms with Gasteiger partial charge in [0.15, 0.2) is 11.2 Å². The van der Waals surface area contributed by atoms with Gasteiger partial charge < -0.3 is 0 Å². The number of carbonyl (C=O) groups is 1. The molecule has 0 radical (unpaired) electrons. The normalized spacial score (nSPS) is 17.0. The first-order valence-electron chi connectivity index (χ1n) is 6.29. The maximum Gasteiger partial charge on any atom is 0.194 e. The van der Waals surface area contributed by atoms with Crippen molar-refractivity contribution in [1.29, 1.82) is 0 Å². The topological polar surface area (TPSA) is 34.4 Å². The molecule has 17 heavy (non-hydrogen) atoms. The molecule has 0 bridgehead atoms. The molecule has 0 atom stereocenters. The van der Waals surface area contributed by atoms with Gasteiger partial charge in [-0.2, -0.15) is 0 Å². The van der Waals surface area contributed by atoms with E-state index in [1.54, 1.807) is 11.3 Å². The lowest BCUT2D eigenvalue weighted by Gasteiger charge is -2.06. The number of carbonyl (C=O) groups excluding carboxylic acids is 1. The quantitative estimate of drug-likeness (QED) is 0.780. The average molecular weight is 248 g/mol. The van der Waals surface area contributed by atoms with Crippen LogP contribution in [-0.2, 0) is 6.42 Å². The molecule has 90 valence electrons. The SMILES string of the molecule is CCc1csc2nc(C3CCCC3)c(C=O)n12. The molecule has 4 heteroatoms. The Labute approximate surface area is 104 Å². The van der Waals surface area contributed by atoms with Gasteiger partial charge in [-0.15, -0.1) is 11.3 Å². The van der Waals surface area contributed by atoms with Crippen LogP contribution >= 0.6 is 11.3 Å². The summed E-state index contributed by atoms with van der Waals surface area (Å²) in [5.41, 5.74) is 3.04. The van der Waals surface area contributed by atoms with Crippen molar-refractivity contribution in [1.82, 2.24) is 9.38 Å². The molecule has 3 nitrogen and oxygen atoms in total. The summed E-state index contributed by atoms with van der Waals surface area (Å²) < 4.78 is 2.05. The fourth-order valence-corrected chi connectivity index (χ4v) is 3.80. The molecule has 3 rings (SSSR count). The number of aromatic nitrogens is 2. The molecular formula is C13H16N2OS. The van der Waals surface area contributed by atoms with Crippen LogP contribution in [0, 0.1) is 0 Å². The van der Waals surface area contributed by atoms with Crippen LogP contribution in [-0.4, -0.2) is 15.7 Å². The highest BCUT2D eigenvalue weighted by Gasteiger charge is 2.25. The molecule has 0 unspecified atom stereocenters. The Morgan fingerprint density at radius 1 is 1.53 bits per heavy atom. The minimum absolute atomic E-state index is 0.506. The number of imidazole rings is 1. The summed E-state index contributed by atoms with van der Waals surface area (Å²) in [6.45, 7) is 2.12. The highest BCUT2D eigenvalue weighted by Crippen LogP contribution is 2.36. The van der Waals surface area contributed by atoms with E-state index in [-0.39, 0.29) is 0 Å². The van der Waals surface area contributed by atoms with E-state index in [1.165, 1.54) is 31.4 Å². The van der Waals surface area contributed by atoms with Crippen molar-refractivity contribution in [3.8, 4) is 0 Å². The minimum Gasteiger partial charge on any atom is -0.296 e. The van der Waals surface area contributed by atoms with Gasteiger partial charge in [0.2, 0.25) is 0 Å². The van der Waals surface area contributed by atoms with Crippen molar-refractivity contribution in [2.75, 3.05) is 0 Å². The van der Waals surface area contributed by atoms with Gasteiger partial charge in [-0.3, -0.25) is 9.20 Å². The molecule has 0 N–H and O–H groups in total. The van der Waals surface area contributed by atoms with E-state index in [2.05, 4.69) is 17.3 Å². The monoisotopic (exact) mass is 248 g/mol. The highest BCUT2D eigenvalue weighted by molar-refractivity contribution is 7.15. The first-order valence-corrected chi connectivity index (χ1v) is 7.17. The van der Waals surface area contributed by atoms with E-state index in [4.69, 9.17) is 0 Å². The second-order valence-electron chi connectivity index (χ2n) is 4.68. The Balaban J connectivity index is 2.17. The van der Waals surface area contributed by atoms with Crippen molar-refractivity contribution < 1.29 is 4.79 Å². The van der Waals surface area contributed by atoms with E-state index < -0.39 is 0 Å². The molecule has 2 heterocycles. The number of nitrogens with zero attached hydrogens (tertiary/aromatic N) is 2. The smallest absolute Gasteiger partial charge is 0.194 e. The summed E-state index contributed by atoms with van der Waals surface area (Å²) >= 11 is 1.64. The predicted molar refractivity (Wildman–Crippen MR) is 69.0 cm³/mol. The van der Waals surface area contributed by atoms with Crippen molar-refractivity contribution in [2.24, 2.45) is 0 Å². The van der Waals surface area contributed by atoms with Gasteiger partial charge in [-0.1, -0.05) is 19.8 Å². The Bertz CT molecular complexity index is 549. The molecule has 2 aromatic rings. The van der Waals surface area contributed by atoms with Crippen LogP contribution in [0.1, 0.15) is 60.4 Å². The zero-order valence-electron chi connectivity index (χ0n) is 9.98. The Morgan fingerprint density at radius 3 is 2.94 bits per heavy atom. The van der Waals surface area contributed by atoms with Crippen molar-refractivity contribution in [3.63, 3.8) is 0 Å². The maximum absolute atomic E-state index is 11.4. The molecule has 0 spiro atoms. The summed E-state index contributed by atoms with van der Waals surface area (Å²) in [7, 11) is 0. The summed E-state index contributed by atoms with van der Waals surface area (Å²) in [6, 6.07) is 0. The second-order valence-corrected chi connectivity index (χ2v) is 5.52. The molecule has 1 fully saturated rings. The van der Waals surface area contributed by atoms with E-state index >= 15 is 0 Å². The van der Waals surface area contributed by atoms with Gasteiger partial charge in [0.1, 0.15) is 5.69 Å². The summed E-state index contributed by atoms with van der Waals surface area (Å²) in [5, 5.41) is 2.10.